The van der Waals surface area contributed by atoms with E-state index in [1.807, 2.05) is 36.2 Å². The maximum Gasteiger partial charge on any atom is 0.236 e. The highest BCUT2D eigenvalue weighted by Crippen LogP contribution is 2.21. The zero-order valence-corrected chi connectivity index (χ0v) is 15.8. The number of carbonyl (C=O) groups excluding carboxylic acids is 1. The molecule has 3 rings (SSSR count). The van der Waals surface area contributed by atoms with Gasteiger partial charge in [-0.25, -0.2) is 0 Å². The molecule has 26 heavy (non-hydrogen) atoms. The molecule has 0 spiro atoms. The van der Waals surface area contributed by atoms with Crippen LogP contribution in [0.4, 0.5) is 0 Å². The molecule has 1 aliphatic heterocycles. The van der Waals surface area contributed by atoms with E-state index in [-0.39, 0.29) is 12.0 Å². The number of aromatic nitrogens is 1. The van der Waals surface area contributed by atoms with Crippen LogP contribution in [0.1, 0.15) is 28.5 Å². The summed E-state index contributed by atoms with van der Waals surface area (Å²) in [6.45, 7) is 4.29. The Morgan fingerprint density at radius 3 is 2.58 bits per heavy atom. The number of benzene rings is 1. The molecular formula is C21H27N3O2. The zero-order valence-electron chi connectivity index (χ0n) is 15.8. The standard InChI is InChI=1S/C21H27N3O2/c1-16-4-6-17(7-5-16)12-18-8-9-19(22-13-18)20-14-24(10-11-26-20)21(25)15-23(2)3/h4-9,13,20H,10-12,14-15H2,1-3H3. The third-order valence-corrected chi connectivity index (χ3v) is 4.58. The van der Waals surface area contributed by atoms with Gasteiger partial charge in [-0.15, -0.1) is 0 Å². The molecule has 138 valence electrons. The van der Waals surface area contributed by atoms with Crippen LogP contribution in [0.15, 0.2) is 42.6 Å². The van der Waals surface area contributed by atoms with Gasteiger partial charge < -0.3 is 14.5 Å². The monoisotopic (exact) mass is 353 g/mol. The van der Waals surface area contributed by atoms with Crippen molar-refractivity contribution in [3.8, 4) is 0 Å². The summed E-state index contributed by atoms with van der Waals surface area (Å²) in [5.74, 6) is 0.138. The van der Waals surface area contributed by atoms with Crippen LogP contribution in [0.25, 0.3) is 0 Å². The van der Waals surface area contributed by atoms with E-state index in [4.69, 9.17) is 4.74 Å². The topological polar surface area (TPSA) is 45.7 Å². The predicted octanol–water partition coefficient (Wildman–Crippen LogP) is 2.44. The van der Waals surface area contributed by atoms with Crippen LogP contribution >= 0.6 is 0 Å². The van der Waals surface area contributed by atoms with Gasteiger partial charge in [0, 0.05) is 12.7 Å². The summed E-state index contributed by atoms with van der Waals surface area (Å²) in [6, 6.07) is 12.7. The molecule has 1 aromatic heterocycles. The van der Waals surface area contributed by atoms with Crippen molar-refractivity contribution in [1.82, 2.24) is 14.8 Å². The maximum absolute atomic E-state index is 12.3. The summed E-state index contributed by atoms with van der Waals surface area (Å²) < 4.78 is 5.85. The van der Waals surface area contributed by atoms with Gasteiger partial charge in [-0.2, -0.15) is 0 Å². The average Bonchev–Trinajstić information content (AvgIpc) is 2.64. The second-order valence-corrected chi connectivity index (χ2v) is 7.19. The smallest absolute Gasteiger partial charge is 0.236 e. The summed E-state index contributed by atoms with van der Waals surface area (Å²) in [6.07, 6.45) is 2.63. The van der Waals surface area contributed by atoms with Crippen LogP contribution in [0.2, 0.25) is 0 Å². The fraction of sp³-hybridized carbons (Fsp3) is 0.429. The lowest BCUT2D eigenvalue weighted by Gasteiger charge is -2.33. The van der Waals surface area contributed by atoms with Crippen LogP contribution in [-0.4, -0.2) is 61.0 Å². The van der Waals surface area contributed by atoms with Crippen molar-refractivity contribution < 1.29 is 9.53 Å². The van der Waals surface area contributed by atoms with Crippen LogP contribution < -0.4 is 0 Å². The fourth-order valence-electron chi connectivity index (χ4n) is 3.10. The molecule has 0 saturated carbocycles. The van der Waals surface area contributed by atoms with E-state index in [1.165, 1.54) is 16.7 Å². The highest BCUT2D eigenvalue weighted by atomic mass is 16.5. The van der Waals surface area contributed by atoms with Gasteiger partial charge in [0.25, 0.3) is 0 Å². The summed E-state index contributed by atoms with van der Waals surface area (Å²) in [5.41, 5.74) is 4.61. The molecule has 0 aliphatic carbocycles. The summed E-state index contributed by atoms with van der Waals surface area (Å²) in [4.78, 5) is 20.6. The second kappa shape index (κ2) is 8.43. The van der Waals surface area contributed by atoms with Gasteiger partial charge in [0.1, 0.15) is 6.10 Å². The molecule has 2 aromatic rings. The molecule has 1 unspecified atom stereocenters. The van der Waals surface area contributed by atoms with E-state index in [2.05, 4.69) is 42.2 Å². The summed E-state index contributed by atoms with van der Waals surface area (Å²) in [5, 5.41) is 0. The molecule has 1 aromatic carbocycles. The minimum Gasteiger partial charge on any atom is -0.368 e. The number of nitrogens with zero attached hydrogens (tertiary/aromatic N) is 3. The number of ether oxygens (including phenoxy) is 1. The molecule has 1 aliphatic rings. The van der Waals surface area contributed by atoms with E-state index >= 15 is 0 Å². The molecule has 1 fully saturated rings. The Morgan fingerprint density at radius 1 is 1.19 bits per heavy atom. The number of aryl methyl sites for hydroxylation is 1. The molecule has 2 heterocycles. The predicted molar refractivity (Wildman–Crippen MR) is 102 cm³/mol. The van der Waals surface area contributed by atoms with Crippen molar-refractivity contribution in [3.63, 3.8) is 0 Å². The van der Waals surface area contributed by atoms with Gasteiger partial charge >= 0.3 is 0 Å². The number of morpholine rings is 1. The lowest BCUT2D eigenvalue weighted by Crippen LogP contribution is -2.45. The number of pyridine rings is 1. The molecule has 5 heteroatoms. The number of carbonyl (C=O) groups is 1. The van der Waals surface area contributed by atoms with Gasteiger partial charge in [0.2, 0.25) is 5.91 Å². The first kappa shape index (κ1) is 18.5. The van der Waals surface area contributed by atoms with E-state index in [9.17, 15) is 4.79 Å². The molecule has 0 radical (unpaired) electrons. The van der Waals surface area contributed by atoms with Gasteiger partial charge in [-0.1, -0.05) is 35.9 Å². The normalized spacial score (nSPS) is 17.5. The Morgan fingerprint density at radius 2 is 1.92 bits per heavy atom. The number of hydrogen-bond acceptors (Lipinski definition) is 4. The Hall–Kier alpha value is -2.24. The van der Waals surface area contributed by atoms with Crippen molar-refractivity contribution in [2.45, 2.75) is 19.4 Å². The van der Waals surface area contributed by atoms with Gasteiger partial charge in [-0.3, -0.25) is 9.78 Å². The number of amides is 1. The molecule has 1 atom stereocenters. The van der Waals surface area contributed by atoms with Crippen LogP contribution in [0.5, 0.6) is 0 Å². The number of likely N-dealkylation sites (N-methyl/N-ethyl adjacent to an activating group) is 1. The van der Waals surface area contributed by atoms with Crippen molar-refractivity contribution in [2.75, 3.05) is 40.3 Å². The van der Waals surface area contributed by atoms with E-state index in [1.54, 1.807) is 0 Å². The lowest BCUT2D eigenvalue weighted by molar-refractivity contribution is -0.139. The Bertz CT molecular complexity index is 726. The lowest BCUT2D eigenvalue weighted by atomic mass is 10.0. The number of hydrogen-bond donors (Lipinski definition) is 0. The summed E-state index contributed by atoms with van der Waals surface area (Å²) in [7, 11) is 3.81. The first-order valence-corrected chi connectivity index (χ1v) is 9.06. The molecular weight excluding hydrogens is 326 g/mol. The highest BCUT2D eigenvalue weighted by molar-refractivity contribution is 5.78. The second-order valence-electron chi connectivity index (χ2n) is 7.19. The van der Waals surface area contributed by atoms with Crippen LogP contribution in [0.3, 0.4) is 0 Å². The van der Waals surface area contributed by atoms with Gasteiger partial charge in [-0.05, 0) is 44.6 Å². The third-order valence-electron chi connectivity index (χ3n) is 4.58. The van der Waals surface area contributed by atoms with E-state index < -0.39 is 0 Å². The number of rotatable bonds is 5. The zero-order chi connectivity index (χ0) is 18.5. The summed E-state index contributed by atoms with van der Waals surface area (Å²) >= 11 is 0. The molecule has 1 saturated heterocycles. The maximum atomic E-state index is 12.3. The first-order chi connectivity index (χ1) is 12.5. The largest absolute Gasteiger partial charge is 0.368 e. The fourth-order valence-corrected chi connectivity index (χ4v) is 3.10. The minimum atomic E-state index is -0.150. The molecule has 0 bridgehead atoms. The van der Waals surface area contributed by atoms with E-state index in [0.717, 1.165) is 12.1 Å². The molecule has 0 N–H and O–H groups in total. The van der Waals surface area contributed by atoms with Crippen LogP contribution in [0, 0.1) is 6.92 Å². The van der Waals surface area contributed by atoms with Crippen molar-refractivity contribution in [3.05, 3.63) is 65.0 Å². The SMILES string of the molecule is Cc1ccc(Cc2ccc(C3CN(C(=O)CN(C)C)CCO3)nc2)cc1. The molecule has 1 amide bonds. The highest BCUT2D eigenvalue weighted by Gasteiger charge is 2.26. The minimum absolute atomic E-state index is 0.138. The van der Waals surface area contributed by atoms with E-state index in [0.29, 0.717) is 26.2 Å². The Kier molecular flexibility index (Phi) is 6.01. The van der Waals surface area contributed by atoms with Crippen molar-refractivity contribution >= 4 is 5.91 Å². The molecule has 5 nitrogen and oxygen atoms in total. The van der Waals surface area contributed by atoms with Gasteiger partial charge in [0.15, 0.2) is 0 Å². The first-order valence-electron chi connectivity index (χ1n) is 9.06. The Labute approximate surface area is 155 Å². The average molecular weight is 353 g/mol. The van der Waals surface area contributed by atoms with Crippen molar-refractivity contribution in [1.29, 1.82) is 0 Å². The van der Waals surface area contributed by atoms with Gasteiger partial charge in [0.05, 0.1) is 25.4 Å². The third kappa shape index (κ3) is 4.90. The Balaban J connectivity index is 1.62. The van der Waals surface area contributed by atoms with Crippen molar-refractivity contribution in [2.24, 2.45) is 0 Å². The quantitative estimate of drug-likeness (QED) is 0.828. The van der Waals surface area contributed by atoms with Crippen LogP contribution in [-0.2, 0) is 16.0 Å².